The first-order chi connectivity index (χ1) is 7.58. The van der Waals surface area contributed by atoms with Crippen LogP contribution in [0.2, 0.25) is 0 Å². The highest BCUT2D eigenvalue weighted by Gasteiger charge is 2.21. The van der Waals surface area contributed by atoms with Crippen molar-refractivity contribution in [2.75, 3.05) is 11.4 Å². The van der Waals surface area contributed by atoms with Gasteiger partial charge < -0.3 is 4.90 Å². The Kier molecular flexibility index (Phi) is 2.99. The van der Waals surface area contributed by atoms with Crippen molar-refractivity contribution >= 4 is 11.6 Å². The number of carbonyl (C=O) groups is 1. The van der Waals surface area contributed by atoms with E-state index in [9.17, 15) is 4.79 Å². The molecule has 0 saturated heterocycles. The SMILES string of the molecule is CC(=O)N1CCc2cc(CC(C)C)ccc21. The second-order valence-electron chi connectivity index (χ2n) is 4.98. The Bertz CT molecular complexity index is 409. The third-order valence-corrected chi connectivity index (χ3v) is 3.06. The maximum atomic E-state index is 11.4. The number of hydrogen-bond donors (Lipinski definition) is 0. The first-order valence-corrected chi connectivity index (χ1v) is 5.98. The molecule has 0 fully saturated rings. The Labute approximate surface area is 97.3 Å². The number of carbonyl (C=O) groups excluding carboxylic acids is 1. The van der Waals surface area contributed by atoms with Crippen LogP contribution in [0.3, 0.4) is 0 Å². The lowest BCUT2D eigenvalue weighted by molar-refractivity contribution is -0.116. The van der Waals surface area contributed by atoms with Crippen LogP contribution >= 0.6 is 0 Å². The van der Waals surface area contributed by atoms with E-state index in [0.717, 1.165) is 25.1 Å². The fourth-order valence-electron chi connectivity index (χ4n) is 2.38. The highest BCUT2D eigenvalue weighted by atomic mass is 16.2. The van der Waals surface area contributed by atoms with E-state index in [-0.39, 0.29) is 5.91 Å². The lowest BCUT2D eigenvalue weighted by atomic mass is 10.00. The molecule has 1 aliphatic rings. The van der Waals surface area contributed by atoms with Gasteiger partial charge in [0.1, 0.15) is 0 Å². The van der Waals surface area contributed by atoms with Crippen LogP contribution in [0.4, 0.5) is 5.69 Å². The van der Waals surface area contributed by atoms with Crippen LogP contribution in [0.25, 0.3) is 0 Å². The van der Waals surface area contributed by atoms with Gasteiger partial charge in [-0.05, 0) is 36.0 Å². The largest absolute Gasteiger partial charge is 0.312 e. The fraction of sp³-hybridized carbons (Fsp3) is 0.500. The normalized spacial score (nSPS) is 14.4. The molecule has 0 bridgehead atoms. The number of benzene rings is 1. The van der Waals surface area contributed by atoms with E-state index in [1.54, 1.807) is 6.92 Å². The lowest BCUT2D eigenvalue weighted by Crippen LogP contribution is -2.25. The third-order valence-electron chi connectivity index (χ3n) is 3.06. The highest BCUT2D eigenvalue weighted by Crippen LogP contribution is 2.29. The summed E-state index contributed by atoms with van der Waals surface area (Å²) in [6, 6.07) is 6.51. The molecule has 2 nitrogen and oxygen atoms in total. The summed E-state index contributed by atoms with van der Waals surface area (Å²) >= 11 is 0. The Morgan fingerprint density at radius 2 is 2.19 bits per heavy atom. The van der Waals surface area contributed by atoms with Crippen LogP contribution in [-0.2, 0) is 17.6 Å². The van der Waals surface area contributed by atoms with Crippen LogP contribution in [0.1, 0.15) is 31.9 Å². The van der Waals surface area contributed by atoms with E-state index in [1.807, 2.05) is 4.90 Å². The monoisotopic (exact) mass is 217 g/mol. The predicted octanol–water partition coefficient (Wildman–Crippen LogP) is 2.79. The summed E-state index contributed by atoms with van der Waals surface area (Å²) in [6.07, 6.45) is 2.12. The fourth-order valence-corrected chi connectivity index (χ4v) is 2.38. The Hall–Kier alpha value is -1.31. The van der Waals surface area contributed by atoms with Gasteiger partial charge >= 0.3 is 0 Å². The maximum Gasteiger partial charge on any atom is 0.223 e. The van der Waals surface area contributed by atoms with Gasteiger partial charge in [-0.25, -0.2) is 0 Å². The minimum Gasteiger partial charge on any atom is -0.312 e. The standard InChI is InChI=1S/C14H19NO/c1-10(2)8-12-4-5-14-13(9-12)6-7-15(14)11(3)16/h4-5,9-10H,6-8H2,1-3H3. The summed E-state index contributed by atoms with van der Waals surface area (Å²) in [7, 11) is 0. The molecule has 86 valence electrons. The van der Waals surface area contributed by atoms with Gasteiger partial charge in [0.05, 0.1) is 0 Å². The number of hydrogen-bond acceptors (Lipinski definition) is 1. The van der Waals surface area contributed by atoms with Crippen LogP contribution in [0.15, 0.2) is 18.2 Å². The minimum absolute atomic E-state index is 0.148. The number of fused-ring (bicyclic) bond motifs is 1. The molecular formula is C14H19NO. The molecule has 0 atom stereocenters. The van der Waals surface area contributed by atoms with Crippen molar-refractivity contribution in [3.63, 3.8) is 0 Å². The molecule has 1 aromatic rings. The molecule has 1 heterocycles. The van der Waals surface area contributed by atoms with Crippen molar-refractivity contribution in [1.29, 1.82) is 0 Å². The Balaban J connectivity index is 2.25. The zero-order chi connectivity index (χ0) is 11.7. The zero-order valence-electron chi connectivity index (χ0n) is 10.3. The van der Waals surface area contributed by atoms with E-state index in [1.165, 1.54) is 11.1 Å². The molecule has 2 heteroatoms. The molecular weight excluding hydrogens is 198 g/mol. The minimum atomic E-state index is 0.148. The van der Waals surface area contributed by atoms with Gasteiger partial charge in [0.25, 0.3) is 0 Å². The van der Waals surface area contributed by atoms with Crippen LogP contribution in [-0.4, -0.2) is 12.5 Å². The van der Waals surface area contributed by atoms with Crippen molar-refractivity contribution in [3.05, 3.63) is 29.3 Å². The quantitative estimate of drug-likeness (QED) is 0.746. The van der Waals surface area contributed by atoms with Gasteiger partial charge in [-0.3, -0.25) is 4.79 Å². The van der Waals surface area contributed by atoms with Gasteiger partial charge in [-0.15, -0.1) is 0 Å². The smallest absolute Gasteiger partial charge is 0.223 e. The van der Waals surface area contributed by atoms with Crippen LogP contribution < -0.4 is 4.90 Å². The number of rotatable bonds is 2. The summed E-state index contributed by atoms with van der Waals surface area (Å²) in [5.74, 6) is 0.832. The summed E-state index contributed by atoms with van der Waals surface area (Å²) in [5, 5.41) is 0. The molecule has 16 heavy (non-hydrogen) atoms. The average molecular weight is 217 g/mol. The van der Waals surface area contributed by atoms with Gasteiger partial charge in [0, 0.05) is 19.2 Å². The summed E-state index contributed by atoms with van der Waals surface area (Å²) in [4.78, 5) is 13.3. The van der Waals surface area contributed by atoms with E-state index in [0.29, 0.717) is 5.92 Å². The Morgan fingerprint density at radius 3 is 2.81 bits per heavy atom. The van der Waals surface area contributed by atoms with Crippen molar-refractivity contribution < 1.29 is 4.79 Å². The van der Waals surface area contributed by atoms with Gasteiger partial charge in [0.2, 0.25) is 5.91 Å². The maximum absolute atomic E-state index is 11.4. The molecule has 0 aliphatic carbocycles. The highest BCUT2D eigenvalue weighted by molar-refractivity contribution is 5.93. The first-order valence-electron chi connectivity index (χ1n) is 5.98. The summed E-state index contributed by atoms with van der Waals surface area (Å²) in [5.41, 5.74) is 3.83. The molecule has 0 radical (unpaired) electrons. The summed E-state index contributed by atoms with van der Waals surface area (Å²) < 4.78 is 0. The van der Waals surface area contributed by atoms with Crippen molar-refractivity contribution in [3.8, 4) is 0 Å². The summed E-state index contributed by atoms with van der Waals surface area (Å²) in [6.45, 7) is 6.94. The van der Waals surface area contributed by atoms with Crippen LogP contribution in [0, 0.1) is 5.92 Å². The van der Waals surface area contributed by atoms with Crippen LogP contribution in [0.5, 0.6) is 0 Å². The van der Waals surface area contributed by atoms with Crippen molar-refractivity contribution in [2.24, 2.45) is 5.92 Å². The molecule has 0 spiro atoms. The molecule has 1 amide bonds. The topological polar surface area (TPSA) is 20.3 Å². The second-order valence-corrected chi connectivity index (χ2v) is 4.98. The molecule has 1 aliphatic heterocycles. The predicted molar refractivity (Wildman–Crippen MR) is 66.7 cm³/mol. The zero-order valence-corrected chi connectivity index (χ0v) is 10.3. The molecule has 1 aromatic carbocycles. The molecule has 0 aromatic heterocycles. The lowest BCUT2D eigenvalue weighted by Gasteiger charge is -2.15. The van der Waals surface area contributed by atoms with E-state index in [2.05, 4.69) is 32.0 Å². The molecule has 2 rings (SSSR count). The Morgan fingerprint density at radius 1 is 1.44 bits per heavy atom. The number of nitrogens with zero attached hydrogens (tertiary/aromatic N) is 1. The second kappa shape index (κ2) is 4.28. The molecule has 0 saturated carbocycles. The van der Waals surface area contributed by atoms with E-state index < -0.39 is 0 Å². The first kappa shape index (κ1) is 11.2. The number of amides is 1. The van der Waals surface area contributed by atoms with Gasteiger partial charge in [-0.1, -0.05) is 26.0 Å². The number of anilines is 1. The van der Waals surface area contributed by atoms with E-state index >= 15 is 0 Å². The molecule has 0 unspecified atom stereocenters. The van der Waals surface area contributed by atoms with E-state index in [4.69, 9.17) is 0 Å². The van der Waals surface area contributed by atoms with Gasteiger partial charge in [-0.2, -0.15) is 0 Å². The van der Waals surface area contributed by atoms with Crippen molar-refractivity contribution in [1.82, 2.24) is 0 Å². The van der Waals surface area contributed by atoms with Gasteiger partial charge in [0.15, 0.2) is 0 Å². The molecule has 0 N–H and O–H groups in total. The average Bonchev–Trinajstić information content (AvgIpc) is 2.59. The van der Waals surface area contributed by atoms with Crippen molar-refractivity contribution in [2.45, 2.75) is 33.6 Å². The third kappa shape index (κ3) is 2.11.